The summed E-state index contributed by atoms with van der Waals surface area (Å²) in [6.45, 7) is 12.7. The zero-order valence-electron chi connectivity index (χ0n) is 17.7. The van der Waals surface area contributed by atoms with Crippen LogP contribution in [0.3, 0.4) is 0 Å². The summed E-state index contributed by atoms with van der Waals surface area (Å²) in [6, 6.07) is 0. The van der Waals surface area contributed by atoms with Crippen molar-refractivity contribution in [1.82, 2.24) is 0 Å². The number of ketones is 2. The Kier molecular flexibility index (Phi) is 5.18. The van der Waals surface area contributed by atoms with Crippen LogP contribution in [0.2, 0.25) is 0 Å². The van der Waals surface area contributed by atoms with Gasteiger partial charge in [0.1, 0.15) is 11.6 Å². The number of hydrogen-bond donors (Lipinski definition) is 0. The molecule has 0 unspecified atom stereocenters. The molecular formula is C23H38O3. The molecule has 0 spiro atoms. The lowest BCUT2D eigenvalue weighted by molar-refractivity contribution is -0.157. The lowest BCUT2D eigenvalue weighted by atomic mass is 9.49. The Morgan fingerprint density at radius 3 is 2.42 bits per heavy atom. The molecule has 26 heavy (non-hydrogen) atoms. The van der Waals surface area contributed by atoms with Crippen LogP contribution < -0.4 is 0 Å². The van der Waals surface area contributed by atoms with E-state index in [1.54, 1.807) is 6.92 Å². The molecule has 3 saturated carbocycles. The van der Waals surface area contributed by atoms with Gasteiger partial charge in [-0.1, -0.05) is 13.8 Å². The molecule has 0 heterocycles. The van der Waals surface area contributed by atoms with Gasteiger partial charge in [-0.05, 0) is 89.4 Å². The van der Waals surface area contributed by atoms with Crippen molar-refractivity contribution in [3.8, 4) is 0 Å². The second kappa shape index (κ2) is 6.72. The van der Waals surface area contributed by atoms with Crippen molar-refractivity contribution in [3.05, 3.63) is 0 Å². The van der Waals surface area contributed by atoms with E-state index in [4.69, 9.17) is 4.74 Å². The molecule has 3 fully saturated rings. The molecule has 0 aromatic carbocycles. The van der Waals surface area contributed by atoms with Crippen molar-refractivity contribution in [3.63, 3.8) is 0 Å². The maximum absolute atomic E-state index is 12.9. The normalized spacial score (nSPS) is 43.1. The van der Waals surface area contributed by atoms with E-state index in [2.05, 4.69) is 34.6 Å². The molecule has 0 aromatic rings. The third-order valence-corrected chi connectivity index (χ3v) is 8.00. The summed E-state index contributed by atoms with van der Waals surface area (Å²) in [5, 5.41) is 0. The van der Waals surface area contributed by atoms with E-state index in [1.165, 1.54) is 6.42 Å². The topological polar surface area (TPSA) is 43.4 Å². The van der Waals surface area contributed by atoms with Gasteiger partial charge in [0.2, 0.25) is 0 Å². The summed E-state index contributed by atoms with van der Waals surface area (Å²) in [5.74, 6) is 2.36. The molecule has 0 amide bonds. The summed E-state index contributed by atoms with van der Waals surface area (Å²) < 4.78 is 6.49. The van der Waals surface area contributed by atoms with Crippen molar-refractivity contribution in [2.75, 3.05) is 0 Å². The fraction of sp³-hybridized carbons (Fsp3) is 0.913. The van der Waals surface area contributed by atoms with Crippen LogP contribution in [0, 0.1) is 28.6 Å². The van der Waals surface area contributed by atoms with E-state index >= 15 is 0 Å². The predicted molar refractivity (Wildman–Crippen MR) is 104 cm³/mol. The first-order valence-electron chi connectivity index (χ1n) is 10.7. The lowest BCUT2D eigenvalue weighted by Gasteiger charge is -2.56. The van der Waals surface area contributed by atoms with E-state index in [0.29, 0.717) is 42.5 Å². The first-order chi connectivity index (χ1) is 12.0. The molecule has 0 saturated heterocycles. The van der Waals surface area contributed by atoms with Gasteiger partial charge in [-0.15, -0.1) is 0 Å². The molecule has 3 rings (SSSR count). The number of fused-ring (bicyclic) bond motifs is 3. The first-order valence-corrected chi connectivity index (χ1v) is 10.7. The van der Waals surface area contributed by atoms with E-state index in [1.807, 2.05) is 0 Å². The van der Waals surface area contributed by atoms with Crippen molar-refractivity contribution >= 4 is 11.6 Å². The van der Waals surface area contributed by atoms with Crippen LogP contribution in [0.25, 0.3) is 0 Å². The highest BCUT2D eigenvalue weighted by Crippen LogP contribution is 2.63. The Balaban J connectivity index is 1.82. The maximum Gasteiger partial charge on any atom is 0.139 e. The molecule has 0 N–H and O–H groups in total. The average Bonchev–Trinajstić information content (AvgIpc) is 2.84. The lowest BCUT2D eigenvalue weighted by Crippen LogP contribution is -2.53. The third-order valence-electron chi connectivity index (χ3n) is 8.00. The Hall–Kier alpha value is -0.700. The second-order valence-corrected chi connectivity index (χ2v) is 10.8. The van der Waals surface area contributed by atoms with Crippen molar-refractivity contribution in [2.45, 2.75) is 105 Å². The number of rotatable bonds is 4. The molecule has 6 atom stereocenters. The van der Waals surface area contributed by atoms with Crippen LogP contribution in [0.15, 0.2) is 0 Å². The number of carbonyl (C=O) groups is 2. The minimum absolute atomic E-state index is 0.0993. The van der Waals surface area contributed by atoms with Crippen molar-refractivity contribution in [2.24, 2.45) is 28.6 Å². The number of Topliss-reactive ketones (excluding diaryl/α,β-unsaturated/α-hetero) is 2. The van der Waals surface area contributed by atoms with Gasteiger partial charge < -0.3 is 9.53 Å². The second-order valence-electron chi connectivity index (χ2n) is 10.8. The van der Waals surface area contributed by atoms with Gasteiger partial charge >= 0.3 is 0 Å². The molecule has 0 radical (unpaired) electrons. The van der Waals surface area contributed by atoms with Gasteiger partial charge in [0, 0.05) is 18.3 Å². The Bertz CT molecular complexity index is 574. The van der Waals surface area contributed by atoms with Crippen LogP contribution in [-0.2, 0) is 14.3 Å². The van der Waals surface area contributed by atoms with Crippen LogP contribution in [0.5, 0.6) is 0 Å². The van der Waals surface area contributed by atoms with Gasteiger partial charge in [0.15, 0.2) is 0 Å². The van der Waals surface area contributed by atoms with E-state index < -0.39 is 0 Å². The van der Waals surface area contributed by atoms with Gasteiger partial charge in [0.05, 0.1) is 11.7 Å². The van der Waals surface area contributed by atoms with E-state index in [-0.39, 0.29) is 22.2 Å². The van der Waals surface area contributed by atoms with Crippen LogP contribution >= 0.6 is 0 Å². The summed E-state index contributed by atoms with van der Waals surface area (Å²) in [6.07, 6.45) is 8.03. The van der Waals surface area contributed by atoms with Crippen LogP contribution in [0.4, 0.5) is 0 Å². The van der Waals surface area contributed by atoms with E-state index in [9.17, 15) is 9.59 Å². The maximum atomic E-state index is 12.9. The van der Waals surface area contributed by atoms with Crippen LogP contribution in [-0.4, -0.2) is 23.3 Å². The summed E-state index contributed by atoms with van der Waals surface area (Å²) in [5.41, 5.74) is -0.146. The molecular weight excluding hydrogens is 327 g/mol. The smallest absolute Gasteiger partial charge is 0.139 e. The van der Waals surface area contributed by atoms with Crippen molar-refractivity contribution in [1.29, 1.82) is 0 Å². The number of hydrogen-bond acceptors (Lipinski definition) is 3. The highest BCUT2D eigenvalue weighted by atomic mass is 16.5. The zero-order chi connectivity index (χ0) is 19.3. The quantitative estimate of drug-likeness (QED) is 0.631. The molecule has 3 heteroatoms. The summed E-state index contributed by atoms with van der Waals surface area (Å²) in [4.78, 5) is 24.4. The standard InChI is InChI=1S/C23H38O3/c1-15(24)11-13-22(5)18-12-14-23(6)17(16(18)7-9-19(22)25)8-10-20(23)26-21(2,3)4/h16-18,20H,7-14H2,1-6H3/t16-,17-,18-,20-,22+,23-/m0/s1/i1+1,11+1,15+1. The van der Waals surface area contributed by atoms with E-state index in [0.717, 1.165) is 32.1 Å². The Labute approximate surface area is 159 Å². The average molecular weight is 366 g/mol. The first kappa shape index (κ1) is 20.0. The number of ether oxygens (including phenoxy) is 1. The largest absolute Gasteiger partial charge is 0.372 e. The molecule has 0 aromatic heterocycles. The minimum Gasteiger partial charge on any atom is -0.372 e. The summed E-state index contributed by atoms with van der Waals surface area (Å²) in [7, 11) is 0. The van der Waals surface area contributed by atoms with Gasteiger partial charge in [-0.3, -0.25) is 4.79 Å². The summed E-state index contributed by atoms with van der Waals surface area (Å²) >= 11 is 0. The Morgan fingerprint density at radius 2 is 1.81 bits per heavy atom. The fourth-order valence-electron chi connectivity index (χ4n) is 6.60. The monoisotopic (exact) mass is 365 g/mol. The van der Waals surface area contributed by atoms with Crippen LogP contribution in [0.1, 0.15) is 92.9 Å². The zero-order valence-corrected chi connectivity index (χ0v) is 17.7. The predicted octanol–water partition coefficient (Wildman–Crippen LogP) is 5.35. The molecule has 0 bridgehead atoms. The Morgan fingerprint density at radius 1 is 1.12 bits per heavy atom. The number of carbonyl (C=O) groups excluding carboxylic acids is 2. The molecule has 0 aliphatic heterocycles. The minimum atomic E-state index is -0.293. The highest BCUT2D eigenvalue weighted by molar-refractivity contribution is 5.86. The SMILES string of the molecule is CC(C)(C)O[C@H]1CC[C@H]2[C@@H]3CCC(=O)[C@](C)(C[13CH2][13C]([13CH3])=O)[C@H]3CC[C@]12C. The van der Waals surface area contributed by atoms with Gasteiger partial charge in [-0.25, -0.2) is 0 Å². The highest BCUT2D eigenvalue weighted by Gasteiger charge is 2.60. The third kappa shape index (κ3) is 3.41. The molecule has 3 aliphatic rings. The van der Waals surface area contributed by atoms with Crippen molar-refractivity contribution < 1.29 is 14.3 Å². The molecule has 3 aliphatic carbocycles. The molecule has 3 nitrogen and oxygen atoms in total. The van der Waals surface area contributed by atoms with Gasteiger partial charge in [0.25, 0.3) is 0 Å². The van der Waals surface area contributed by atoms with Gasteiger partial charge in [-0.2, -0.15) is 0 Å². The fourth-order valence-corrected chi connectivity index (χ4v) is 6.60. The molecule has 148 valence electrons.